The van der Waals surface area contributed by atoms with Gasteiger partial charge in [-0.25, -0.2) is 9.18 Å². The summed E-state index contributed by atoms with van der Waals surface area (Å²) in [6, 6.07) is 10.8. The Labute approximate surface area is 157 Å². The van der Waals surface area contributed by atoms with Crippen molar-refractivity contribution in [3.63, 3.8) is 0 Å². The van der Waals surface area contributed by atoms with Crippen molar-refractivity contribution >= 4 is 17.6 Å². The number of hydrogen-bond acceptors (Lipinski definition) is 3. The highest BCUT2D eigenvalue weighted by molar-refractivity contribution is 5.89. The number of urea groups is 1. The first-order valence-electron chi connectivity index (χ1n) is 8.89. The van der Waals surface area contributed by atoms with Crippen LogP contribution in [0.25, 0.3) is 0 Å². The van der Waals surface area contributed by atoms with Gasteiger partial charge in [0.15, 0.2) is 0 Å². The smallest absolute Gasteiger partial charge is 0.319 e. The summed E-state index contributed by atoms with van der Waals surface area (Å²) < 4.78 is 13.2. The van der Waals surface area contributed by atoms with Gasteiger partial charge in [0.1, 0.15) is 11.6 Å². The summed E-state index contributed by atoms with van der Waals surface area (Å²) in [5.74, 6) is -0.486. The van der Waals surface area contributed by atoms with Gasteiger partial charge in [-0.1, -0.05) is 12.1 Å². The number of rotatable bonds is 6. The predicted octanol–water partition coefficient (Wildman–Crippen LogP) is 3.02. The van der Waals surface area contributed by atoms with Crippen LogP contribution in [-0.2, 0) is 17.8 Å². The van der Waals surface area contributed by atoms with E-state index < -0.39 is 5.82 Å². The van der Waals surface area contributed by atoms with Gasteiger partial charge in [0, 0.05) is 37.8 Å². The number of hydrogen-bond donors (Lipinski definition) is 3. The highest BCUT2D eigenvalue weighted by Gasteiger charge is 2.20. The number of carbonyl (C=O) groups excluding carboxylic acids is 2. The van der Waals surface area contributed by atoms with E-state index in [9.17, 15) is 19.1 Å². The molecule has 0 aromatic heterocycles. The number of phenols is 1. The number of amides is 3. The van der Waals surface area contributed by atoms with Crippen LogP contribution in [0.3, 0.4) is 0 Å². The first-order chi connectivity index (χ1) is 13.0. The molecule has 6 nitrogen and oxygen atoms in total. The van der Waals surface area contributed by atoms with Crippen LogP contribution < -0.4 is 10.6 Å². The fraction of sp³-hybridized carbons (Fsp3) is 0.300. The number of anilines is 1. The molecule has 3 N–H and O–H groups in total. The highest BCUT2D eigenvalue weighted by atomic mass is 19.1. The summed E-state index contributed by atoms with van der Waals surface area (Å²) in [4.78, 5) is 25.6. The van der Waals surface area contributed by atoms with Gasteiger partial charge < -0.3 is 20.6 Å². The molecule has 27 heavy (non-hydrogen) atoms. The van der Waals surface area contributed by atoms with E-state index in [1.165, 1.54) is 12.1 Å². The number of benzene rings is 2. The Morgan fingerprint density at radius 1 is 1.19 bits per heavy atom. The molecule has 2 aromatic carbocycles. The molecule has 0 bridgehead atoms. The van der Waals surface area contributed by atoms with E-state index in [1.54, 1.807) is 6.07 Å². The van der Waals surface area contributed by atoms with E-state index in [2.05, 4.69) is 10.6 Å². The molecule has 0 spiro atoms. The fourth-order valence-electron chi connectivity index (χ4n) is 3.11. The second-order valence-corrected chi connectivity index (χ2v) is 6.57. The zero-order valence-electron chi connectivity index (χ0n) is 14.9. The molecule has 7 heteroatoms. The van der Waals surface area contributed by atoms with Crippen LogP contribution in [0, 0.1) is 5.82 Å². The number of carbonyl (C=O) groups is 2. The maximum absolute atomic E-state index is 13.2. The summed E-state index contributed by atoms with van der Waals surface area (Å²) in [7, 11) is 0. The fourth-order valence-corrected chi connectivity index (χ4v) is 3.11. The van der Waals surface area contributed by atoms with Crippen LogP contribution >= 0.6 is 0 Å². The van der Waals surface area contributed by atoms with Crippen LogP contribution in [0.1, 0.15) is 24.0 Å². The molecule has 142 valence electrons. The minimum atomic E-state index is -0.511. The number of likely N-dealkylation sites (tertiary alicyclic amines) is 1. The molecule has 1 saturated heterocycles. The average molecular weight is 371 g/mol. The number of aromatic hydroxyl groups is 1. The lowest BCUT2D eigenvalue weighted by molar-refractivity contribution is -0.128. The standard InChI is InChI=1S/C20H22FN3O3/c21-16-9-14(11-18(25)12-16)6-7-22-20(27)23-17-4-1-3-15(10-17)13-24-8-2-5-19(24)26/h1,3-4,9-12,25H,2,5-8,13H2,(H2,22,23,27). The Bertz CT molecular complexity index is 821. The molecular formula is C20H22FN3O3. The van der Waals surface area contributed by atoms with Crippen LogP contribution in [0.4, 0.5) is 14.9 Å². The van der Waals surface area contributed by atoms with E-state index >= 15 is 0 Å². The number of phenolic OH excluding ortho intramolecular Hbond substituents is 1. The lowest BCUT2D eigenvalue weighted by Gasteiger charge is -2.16. The molecule has 0 atom stereocenters. The topological polar surface area (TPSA) is 81.7 Å². The lowest BCUT2D eigenvalue weighted by Crippen LogP contribution is -2.30. The van der Waals surface area contributed by atoms with E-state index in [-0.39, 0.29) is 17.7 Å². The maximum atomic E-state index is 13.2. The number of halogens is 1. The zero-order valence-corrected chi connectivity index (χ0v) is 14.9. The van der Waals surface area contributed by atoms with Gasteiger partial charge in [-0.3, -0.25) is 4.79 Å². The van der Waals surface area contributed by atoms with Gasteiger partial charge in [-0.05, 0) is 48.2 Å². The zero-order chi connectivity index (χ0) is 19.2. The number of nitrogens with zero attached hydrogens (tertiary/aromatic N) is 1. The van der Waals surface area contributed by atoms with Crippen molar-refractivity contribution in [2.75, 3.05) is 18.4 Å². The monoisotopic (exact) mass is 371 g/mol. The van der Waals surface area contributed by atoms with Crippen LogP contribution in [0.2, 0.25) is 0 Å². The molecule has 1 aliphatic rings. The van der Waals surface area contributed by atoms with E-state index in [1.807, 2.05) is 23.1 Å². The van der Waals surface area contributed by atoms with Gasteiger partial charge >= 0.3 is 6.03 Å². The maximum Gasteiger partial charge on any atom is 0.319 e. The molecule has 1 fully saturated rings. The molecular weight excluding hydrogens is 349 g/mol. The summed E-state index contributed by atoms with van der Waals surface area (Å²) >= 11 is 0. The minimum Gasteiger partial charge on any atom is -0.508 e. The second-order valence-electron chi connectivity index (χ2n) is 6.57. The molecule has 0 unspecified atom stereocenters. The van der Waals surface area contributed by atoms with Crippen LogP contribution in [0.15, 0.2) is 42.5 Å². The Hall–Kier alpha value is -3.09. The number of nitrogens with one attached hydrogen (secondary N) is 2. The van der Waals surface area contributed by atoms with Gasteiger partial charge in [-0.2, -0.15) is 0 Å². The molecule has 0 aliphatic carbocycles. The summed E-state index contributed by atoms with van der Waals surface area (Å²) in [6.45, 7) is 1.61. The van der Waals surface area contributed by atoms with Gasteiger partial charge in [-0.15, -0.1) is 0 Å². The lowest BCUT2D eigenvalue weighted by atomic mass is 10.1. The van der Waals surface area contributed by atoms with Crippen molar-refractivity contribution in [2.24, 2.45) is 0 Å². The van der Waals surface area contributed by atoms with Gasteiger partial charge in [0.25, 0.3) is 0 Å². The molecule has 0 saturated carbocycles. The van der Waals surface area contributed by atoms with E-state index in [0.29, 0.717) is 37.2 Å². The normalized spacial score (nSPS) is 13.7. The van der Waals surface area contributed by atoms with E-state index in [0.717, 1.165) is 24.6 Å². The SMILES string of the molecule is O=C(NCCc1cc(O)cc(F)c1)Nc1cccc(CN2CCCC2=O)c1. The van der Waals surface area contributed by atoms with Crippen LogP contribution in [-0.4, -0.2) is 35.0 Å². The summed E-state index contributed by atoms with van der Waals surface area (Å²) in [5.41, 5.74) is 2.20. The third kappa shape index (κ3) is 5.44. The first-order valence-corrected chi connectivity index (χ1v) is 8.89. The largest absolute Gasteiger partial charge is 0.508 e. The quantitative estimate of drug-likeness (QED) is 0.730. The Balaban J connectivity index is 1.48. The minimum absolute atomic E-state index is 0.136. The van der Waals surface area contributed by atoms with Crippen molar-refractivity contribution in [3.8, 4) is 5.75 Å². The Morgan fingerprint density at radius 3 is 2.78 bits per heavy atom. The summed E-state index contributed by atoms with van der Waals surface area (Å²) in [6.07, 6.45) is 1.89. The second kappa shape index (κ2) is 8.53. The molecule has 3 amide bonds. The van der Waals surface area contributed by atoms with Crippen molar-refractivity contribution in [2.45, 2.75) is 25.8 Å². The molecule has 1 heterocycles. The molecule has 3 rings (SSSR count). The molecule has 0 radical (unpaired) electrons. The van der Waals surface area contributed by atoms with Gasteiger partial charge in [0.05, 0.1) is 0 Å². The van der Waals surface area contributed by atoms with E-state index in [4.69, 9.17) is 0 Å². The summed E-state index contributed by atoms with van der Waals surface area (Å²) in [5, 5.41) is 14.8. The van der Waals surface area contributed by atoms with Crippen molar-refractivity contribution in [1.82, 2.24) is 10.2 Å². The van der Waals surface area contributed by atoms with Crippen molar-refractivity contribution in [1.29, 1.82) is 0 Å². The van der Waals surface area contributed by atoms with Crippen molar-refractivity contribution in [3.05, 3.63) is 59.4 Å². The first kappa shape index (κ1) is 18.7. The average Bonchev–Trinajstić information content (AvgIpc) is 2.99. The predicted molar refractivity (Wildman–Crippen MR) is 99.9 cm³/mol. The molecule has 1 aliphatic heterocycles. The Morgan fingerprint density at radius 2 is 2.04 bits per heavy atom. The highest BCUT2D eigenvalue weighted by Crippen LogP contribution is 2.17. The van der Waals surface area contributed by atoms with Gasteiger partial charge in [0.2, 0.25) is 5.91 Å². The third-order valence-corrected chi connectivity index (χ3v) is 4.37. The third-order valence-electron chi connectivity index (χ3n) is 4.37. The van der Waals surface area contributed by atoms with Crippen molar-refractivity contribution < 1.29 is 19.1 Å². The Kier molecular flexibility index (Phi) is 5.90. The molecule has 2 aromatic rings. The van der Waals surface area contributed by atoms with Crippen LogP contribution in [0.5, 0.6) is 5.75 Å².